The van der Waals surface area contributed by atoms with E-state index < -0.39 is 0 Å². The first-order valence-corrected chi connectivity index (χ1v) is 9.92. The fourth-order valence-electron chi connectivity index (χ4n) is 3.55. The number of carbonyl (C=O) groups is 2. The zero-order chi connectivity index (χ0) is 20.4. The third-order valence-electron chi connectivity index (χ3n) is 4.89. The van der Waals surface area contributed by atoms with Gasteiger partial charge in [-0.3, -0.25) is 14.5 Å². The second-order valence-electron chi connectivity index (χ2n) is 8.02. The first kappa shape index (κ1) is 20.3. The van der Waals surface area contributed by atoms with Gasteiger partial charge in [-0.1, -0.05) is 0 Å². The fourth-order valence-corrected chi connectivity index (χ4v) is 3.55. The number of aryl methyl sites for hydroxylation is 1. The molecule has 1 aliphatic heterocycles. The second kappa shape index (κ2) is 8.26. The van der Waals surface area contributed by atoms with Gasteiger partial charge in [0.25, 0.3) is 5.91 Å². The summed E-state index contributed by atoms with van der Waals surface area (Å²) in [5, 5.41) is 8.13. The first-order valence-electron chi connectivity index (χ1n) is 9.92. The van der Waals surface area contributed by atoms with Gasteiger partial charge in [-0.2, -0.15) is 5.10 Å². The number of amides is 2. The highest BCUT2D eigenvalue weighted by Crippen LogP contribution is 2.22. The lowest BCUT2D eigenvalue weighted by atomic mass is 10.1. The molecule has 1 aliphatic rings. The summed E-state index contributed by atoms with van der Waals surface area (Å²) >= 11 is 0. The van der Waals surface area contributed by atoms with Crippen molar-refractivity contribution in [2.24, 2.45) is 0 Å². The Balaban J connectivity index is 1.71. The molecule has 2 amide bonds. The molecule has 0 bridgehead atoms. The molecule has 3 heterocycles. The van der Waals surface area contributed by atoms with Crippen LogP contribution in [0.25, 0.3) is 11.0 Å². The van der Waals surface area contributed by atoms with Crippen LogP contribution in [-0.4, -0.2) is 75.1 Å². The summed E-state index contributed by atoms with van der Waals surface area (Å²) < 4.78 is 1.85. The summed E-state index contributed by atoms with van der Waals surface area (Å²) in [6, 6.07) is 2.16. The number of rotatable bonds is 5. The molecule has 3 rings (SSSR count). The van der Waals surface area contributed by atoms with Crippen LogP contribution in [0.3, 0.4) is 0 Å². The minimum atomic E-state index is 0.00471. The summed E-state index contributed by atoms with van der Waals surface area (Å²) in [7, 11) is 0. The Morgan fingerprint density at radius 2 is 1.82 bits per heavy atom. The maximum absolute atomic E-state index is 13.2. The molecule has 0 aromatic carbocycles. The molecular formula is C20H30N6O2. The van der Waals surface area contributed by atoms with Crippen molar-refractivity contribution >= 4 is 22.8 Å². The minimum absolute atomic E-state index is 0.00471. The van der Waals surface area contributed by atoms with Gasteiger partial charge in [-0.25, -0.2) is 9.67 Å². The molecule has 28 heavy (non-hydrogen) atoms. The average molecular weight is 387 g/mol. The normalized spacial score (nSPS) is 15.6. The highest BCUT2D eigenvalue weighted by molar-refractivity contribution is 6.05. The van der Waals surface area contributed by atoms with Crippen LogP contribution in [0.5, 0.6) is 0 Å². The van der Waals surface area contributed by atoms with Crippen LogP contribution in [0, 0.1) is 6.92 Å². The molecule has 8 heteroatoms. The Labute approximate surface area is 165 Å². The van der Waals surface area contributed by atoms with Crippen molar-refractivity contribution in [3.8, 4) is 0 Å². The lowest BCUT2D eigenvalue weighted by Crippen LogP contribution is -2.51. The Morgan fingerprint density at radius 1 is 1.14 bits per heavy atom. The summed E-state index contributed by atoms with van der Waals surface area (Å²) in [5.74, 6) is 0.0347. The van der Waals surface area contributed by atoms with Crippen molar-refractivity contribution in [3.05, 3.63) is 23.5 Å². The van der Waals surface area contributed by atoms with E-state index in [2.05, 4.69) is 20.3 Å². The quantitative estimate of drug-likeness (QED) is 0.844. The topological polar surface area (TPSA) is 83.4 Å². The maximum Gasteiger partial charge on any atom is 0.254 e. The van der Waals surface area contributed by atoms with E-state index in [-0.39, 0.29) is 23.9 Å². The predicted molar refractivity (Wildman–Crippen MR) is 108 cm³/mol. The molecule has 0 unspecified atom stereocenters. The molecular weight excluding hydrogens is 356 g/mol. The van der Waals surface area contributed by atoms with Gasteiger partial charge in [0, 0.05) is 44.0 Å². The van der Waals surface area contributed by atoms with Gasteiger partial charge in [0.15, 0.2) is 5.65 Å². The van der Waals surface area contributed by atoms with Crippen LogP contribution in [0.15, 0.2) is 12.3 Å². The summed E-state index contributed by atoms with van der Waals surface area (Å²) in [6.45, 7) is 12.9. The second-order valence-corrected chi connectivity index (χ2v) is 8.02. The third-order valence-corrected chi connectivity index (χ3v) is 4.89. The SMILES string of the molecule is Cc1cc(C(=O)N2CCN(CC(=O)NC(C)C)CC2)c2cnn(C(C)C)c2n1. The standard InChI is InChI=1S/C20H30N6O2/c1-13(2)22-18(27)12-24-6-8-25(9-7-24)20(28)16-10-15(5)23-19-17(16)11-21-26(19)14(3)4/h10-11,13-14H,6-9,12H2,1-5H3,(H,22,27). The Hall–Kier alpha value is -2.48. The average Bonchev–Trinajstić information content (AvgIpc) is 3.04. The molecule has 0 atom stereocenters. The molecule has 0 aliphatic carbocycles. The van der Waals surface area contributed by atoms with Crippen LogP contribution < -0.4 is 5.32 Å². The zero-order valence-corrected chi connectivity index (χ0v) is 17.4. The molecule has 0 saturated carbocycles. The summed E-state index contributed by atoms with van der Waals surface area (Å²) in [5.41, 5.74) is 2.21. The van der Waals surface area contributed by atoms with E-state index in [1.807, 2.05) is 50.3 Å². The van der Waals surface area contributed by atoms with Crippen molar-refractivity contribution in [1.82, 2.24) is 29.9 Å². The number of piperazine rings is 1. The van der Waals surface area contributed by atoms with Crippen molar-refractivity contribution in [3.63, 3.8) is 0 Å². The van der Waals surface area contributed by atoms with Gasteiger partial charge in [-0.15, -0.1) is 0 Å². The zero-order valence-electron chi connectivity index (χ0n) is 17.4. The number of fused-ring (bicyclic) bond motifs is 1. The lowest BCUT2D eigenvalue weighted by molar-refractivity contribution is -0.123. The predicted octanol–water partition coefficient (Wildman–Crippen LogP) is 1.60. The summed E-state index contributed by atoms with van der Waals surface area (Å²) in [4.78, 5) is 33.7. The third kappa shape index (κ3) is 4.32. The summed E-state index contributed by atoms with van der Waals surface area (Å²) in [6.07, 6.45) is 1.74. The highest BCUT2D eigenvalue weighted by atomic mass is 16.2. The van der Waals surface area contributed by atoms with Crippen molar-refractivity contribution < 1.29 is 9.59 Å². The van der Waals surface area contributed by atoms with E-state index in [0.717, 1.165) is 16.7 Å². The molecule has 0 radical (unpaired) electrons. The van der Waals surface area contributed by atoms with Crippen molar-refractivity contribution in [2.75, 3.05) is 32.7 Å². The van der Waals surface area contributed by atoms with Gasteiger partial charge < -0.3 is 10.2 Å². The number of aromatic nitrogens is 3. The number of hydrogen-bond donors (Lipinski definition) is 1. The molecule has 1 saturated heterocycles. The van der Waals surface area contributed by atoms with Gasteiger partial charge in [0.2, 0.25) is 5.91 Å². The van der Waals surface area contributed by atoms with Crippen LogP contribution in [0.4, 0.5) is 0 Å². The number of carbonyl (C=O) groups excluding carboxylic acids is 2. The van der Waals surface area contributed by atoms with E-state index in [1.165, 1.54) is 0 Å². The van der Waals surface area contributed by atoms with Gasteiger partial charge in [0.1, 0.15) is 0 Å². The Morgan fingerprint density at radius 3 is 2.43 bits per heavy atom. The smallest absolute Gasteiger partial charge is 0.254 e. The van der Waals surface area contributed by atoms with Crippen molar-refractivity contribution in [1.29, 1.82) is 0 Å². The number of pyridine rings is 1. The van der Waals surface area contributed by atoms with E-state index in [4.69, 9.17) is 0 Å². The van der Waals surface area contributed by atoms with Crippen LogP contribution in [0.1, 0.15) is 49.8 Å². The highest BCUT2D eigenvalue weighted by Gasteiger charge is 2.26. The molecule has 0 spiro atoms. The Bertz CT molecular complexity index is 865. The Kier molecular flexibility index (Phi) is 5.98. The molecule has 2 aromatic heterocycles. The van der Waals surface area contributed by atoms with Gasteiger partial charge >= 0.3 is 0 Å². The van der Waals surface area contributed by atoms with E-state index >= 15 is 0 Å². The molecule has 8 nitrogen and oxygen atoms in total. The number of nitrogens with zero attached hydrogens (tertiary/aromatic N) is 5. The van der Waals surface area contributed by atoms with Crippen LogP contribution >= 0.6 is 0 Å². The molecule has 2 aromatic rings. The monoisotopic (exact) mass is 386 g/mol. The minimum Gasteiger partial charge on any atom is -0.353 e. The maximum atomic E-state index is 13.2. The molecule has 152 valence electrons. The largest absolute Gasteiger partial charge is 0.353 e. The van der Waals surface area contributed by atoms with E-state index in [9.17, 15) is 9.59 Å². The molecule has 1 N–H and O–H groups in total. The van der Waals surface area contributed by atoms with Crippen LogP contribution in [0.2, 0.25) is 0 Å². The first-order chi connectivity index (χ1) is 13.3. The van der Waals surface area contributed by atoms with Crippen LogP contribution in [-0.2, 0) is 4.79 Å². The van der Waals surface area contributed by atoms with E-state index in [0.29, 0.717) is 38.3 Å². The van der Waals surface area contributed by atoms with Gasteiger partial charge in [-0.05, 0) is 40.7 Å². The van der Waals surface area contributed by atoms with E-state index in [1.54, 1.807) is 6.20 Å². The number of nitrogens with one attached hydrogen (secondary N) is 1. The molecule has 1 fully saturated rings. The number of hydrogen-bond acceptors (Lipinski definition) is 5. The van der Waals surface area contributed by atoms with Gasteiger partial charge in [0.05, 0.1) is 23.7 Å². The lowest BCUT2D eigenvalue weighted by Gasteiger charge is -2.34. The van der Waals surface area contributed by atoms with Crippen molar-refractivity contribution in [2.45, 2.75) is 46.7 Å². The fraction of sp³-hybridized carbons (Fsp3) is 0.600.